The summed E-state index contributed by atoms with van der Waals surface area (Å²) in [6.45, 7) is 2.28. The molecule has 3 nitrogen and oxygen atoms in total. The maximum atomic E-state index is 12.3. The molecule has 0 unspecified atom stereocenters. The van der Waals surface area contributed by atoms with Gasteiger partial charge >= 0.3 is 0 Å². The van der Waals surface area contributed by atoms with E-state index in [1.165, 1.54) is 4.57 Å². The van der Waals surface area contributed by atoms with E-state index in [1.807, 2.05) is 67.6 Å². The molecule has 0 spiro atoms. The molecular formula is C19H17NO2. The number of pyridine rings is 1. The first-order chi connectivity index (χ1) is 10.7. The van der Waals surface area contributed by atoms with E-state index in [2.05, 4.69) is 0 Å². The van der Waals surface area contributed by atoms with E-state index in [0.29, 0.717) is 12.1 Å². The predicted molar refractivity (Wildman–Crippen MR) is 88.9 cm³/mol. The van der Waals surface area contributed by atoms with Gasteiger partial charge in [-0.1, -0.05) is 60.7 Å². The molecule has 3 heteroatoms. The van der Waals surface area contributed by atoms with Gasteiger partial charge in [0, 0.05) is 18.2 Å². The van der Waals surface area contributed by atoms with Gasteiger partial charge in [-0.05, 0) is 18.1 Å². The van der Waals surface area contributed by atoms with Gasteiger partial charge in [0.05, 0.1) is 5.56 Å². The fourth-order valence-electron chi connectivity index (χ4n) is 2.67. The van der Waals surface area contributed by atoms with Gasteiger partial charge in [-0.3, -0.25) is 9.36 Å². The van der Waals surface area contributed by atoms with E-state index < -0.39 is 0 Å². The van der Waals surface area contributed by atoms with Crippen molar-refractivity contribution in [3.05, 3.63) is 77.1 Å². The summed E-state index contributed by atoms with van der Waals surface area (Å²) in [6.07, 6.45) is 0. The molecule has 1 aromatic heterocycles. The fourth-order valence-corrected chi connectivity index (χ4v) is 2.67. The summed E-state index contributed by atoms with van der Waals surface area (Å²) in [6, 6.07) is 20.9. The molecule has 0 atom stereocenters. The first-order valence-corrected chi connectivity index (χ1v) is 7.30. The Kier molecular flexibility index (Phi) is 3.79. The van der Waals surface area contributed by atoms with Crippen molar-refractivity contribution < 1.29 is 5.11 Å². The van der Waals surface area contributed by atoms with Crippen LogP contribution in [0, 0.1) is 0 Å². The second-order valence-corrected chi connectivity index (χ2v) is 5.07. The first-order valence-electron chi connectivity index (χ1n) is 7.30. The van der Waals surface area contributed by atoms with Crippen LogP contribution in [0.1, 0.15) is 6.92 Å². The molecule has 3 rings (SSSR count). The van der Waals surface area contributed by atoms with Crippen LogP contribution < -0.4 is 5.56 Å². The van der Waals surface area contributed by atoms with Gasteiger partial charge in [-0.25, -0.2) is 0 Å². The Morgan fingerprint density at radius 3 is 2.00 bits per heavy atom. The van der Waals surface area contributed by atoms with E-state index in [1.54, 1.807) is 6.07 Å². The normalized spacial score (nSPS) is 10.6. The van der Waals surface area contributed by atoms with Gasteiger partial charge in [0.1, 0.15) is 0 Å². The van der Waals surface area contributed by atoms with Crippen LogP contribution in [-0.4, -0.2) is 9.67 Å². The van der Waals surface area contributed by atoms with Crippen LogP contribution >= 0.6 is 0 Å². The highest BCUT2D eigenvalue weighted by molar-refractivity contribution is 5.86. The van der Waals surface area contributed by atoms with E-state index in [-0.39, 0.29) is 11.4 Å². The SMILES string of the molecule is CCn1c(O)c(-c2ccccc2)c(-c2ccccc2)cc1=O. The summed E-state index contributed by atoms with van der Waals surface area (Å²) < 4.78 is 1.38. The first kappa shape index (κ1) is 14.1. The zero-order valence-electron chi connectivity index (χ0n) is 12.4. The maximum Gasteiger partial charge on any atom is 0.253 e. The molecule has 0 amide bonds. The molecule has 0 saturated carbocycles. The Hall–Kier alpha value is -2.81. The van der Waals surface area contributed by atoms with E-state index in [0.717, 1.165) is 16.7 Å². The third kappa shape index (κ3) is 2.42. The Bertz CT molecular complexity index is 837. The molecule has 0 saturated heterocycles. The van der Waals surface area contributed by atoms with E-state index in [9.17, 15) is 9.90 Å². The van der Waals surface area contributed by atoms with Crippen LogP contribution in [0.3, 0.4) is 0 Å². The summed E-state index contributed by atoms with van der Waals surface area (Å²) in [4.78, 5) is 12.3. The molecule has 0 bridgehead atoms. The van der Waals surface area contributed by atoms with E-state index in [4.69, 9.17) is 0 Å². The quantitative estimate of drug-likeness (QED) is 0.795. The van der Waals surface area contributed by atoms with Crippen LogP contribution in [0.5, 0.6) is 5.88 Å². The van der Waals surface area contributed by atoms with Gasteiger partial charge in [0.2, 0.25) is 5.88 Å². The van der Waals surface area contributed by atoms with Crippen LogP contribution in [-0.2, 0) is 6.54 Å². The minimum atomic E-state index is -0.196. The standard InChI is InChI=1S/C19H17NO2/c1-2-20-17(21)13-16(14-9-5-3-6-10-14)18(19(20)22)15-11-7-4-8-12-15/h3-13,22H,2H2,1H3. The average molecular weight is 291 g/mol. The average Bonchev–Trinajstić information content (AvgIpc) is 2.56. The third-order valence-electron chi connectivity index (χ3n) is 3.75. The molecule has 110 valence electrons. The topological polar surface area (TPSA) is 42.2 Å². The van der Waals surface area contributed by atoms with Gasteiger partial charge in [-0.15, -0.1) is 0 Å². The van der Waals surface area contributed by atoms with Crippen molar-refractivity contribution in [1.82, 2.24) is 4.57 Å². The van der Waals surface area contributed by atoms with Crippen LogP contribution in [0.2, 0.25) is 0 Å². The third-order valence-corrected chi connectivity index (χ3v) is 3.75. The molecule has 0 aliphatic heterocycles. The van der Waals surface area contributed by atoms with Crippen molar-refractivity contribution in [3.8, 4) is 28.1 Å². The Balaban J connectivity index is 2.37. The fraction of sp³-hybridized carbons (Fsp3) is 0.105. The van der Waals surface area contributed by atoms with Crippen LogP contribution in [0.15, 0.2) is 71.5 Å². The molecule has 0 aliphatic rings. The van der Waals surface area contributed by atoms with Crippen molar-refractivity contribution >= 4 is 0 Å². The highest BCUT2D eigenvalue weighted by Crippen LogP contribution is 2.37. The van der Waals surface area contributed by atoms with Crippen molar-refractivity contribution in [2.75, 3.05) is 0 Å². The summed E-state index contributed by atoms with van der Waals surface area (Å²) >= 11 is 0. The molecular weight excluding hydrogens is 274 g/mol. The predicted octanol–water partition coefficient (Wildman–Crippen LogP) is 3.91. The minimum absolute atomic E-state index is 0.0139. The van der Waals surface area contributed by atoms with Gasteiger partial charge in [0.25, 0.3) is 5.56 Å². The van der Waals surface area contributed by atoms with Gasteiger partial charge in [0.15, 0.2) is 0 Å². The number of hydrogen-bond acceptors (Lipinski definition) is 2. The molecule has 2 aromatic carbocycles. The number of rotatable bonds is 3. The second-order valence-electron chi connectivity index (χ2n) is 5.07. The zero-order chi connectivity index (χ0) is 15.5. The van der Waals surface area contributed by atoms with Gasteiger partial charge < -0.3 is 5.11 Å². The van der Waals surface area contributed by atoms with Gasteiger partial charge in [-0.2, -0.15) is 0 Å². The van der Waals surface area contributed by atoms with Crippen LogP contribution in [0.4, 0.5) is 0 Å². The summed E-state index contributed by atoms with van der Waals surface area (Å²) in [5, 5.41) is 10.6. The number of nitrogens with zero attached hydrogens (tertiary/aromatic N) is 1. The molecule has 1 heterocycles. The van der Waals surface area contributed by atoms with Crippen molar-refractivity contribution in [1.29, 1.82) is 0 Å². The lowest BCUT2D eigenvalue weighted by Gasteiger charge is -2.16. The number of benzene rings is 2. The largest absolute Gasteiger partial charge is 0.494 e. The smallest absolute Gasteiger partial charge is 0.253 e. The highest BCUT2D eigenvalue weighted by Gasteiger charge is 2.17. The lowest BCUT2D eigenvalue weighted by atomic mass is 9.95. The lowest BCUT2D eigenvalue weighted by Crippen LogP contribution is -2.19. The molecule has 22 heavy (non-hydrogen) atoms. The maximum absolute atomic E-state index is 12.3. The van der Waals surface area contributed by atoms with E-state index >= 15 is 0 Å². The summed E-state index contributed by atoms with van der Waals surface area (Å²) in [7, 11) is 0. The Morgan fingerprint density at radius 1 is 0.909 bits per heavy atom. The lowest BCUT2D eigenvalue weighted by molar-refractivity contribution is 0.414. The minimum Gasteiger partial charge on any atom is -0.494 e. The molecule has 0 radical (unpaired) electrons. The monoisotopic (exact) mass is 291 g/mol. The summed E-state index contributed by atoms with van der Waals surface area (Å²) in [5.41, 5.74) is 3.05. The molecule has 0 fully saturated rings. The highest BCUT2D eigenvalue weighted by atomic mass is 16.3. The van der Waals surface area contributed by atoms with Crippen molar-refractivity contribution in [2.45, 2.75) is 13.5 Å². The molecule has 3 aromatic rings. The Labute approximate surface area is 129 Å². The molecule has 0 aliphatic carbocycles. The Morgan fingerprint density at radius 2 is 1.45 bits per heavy atom. The number of aromatic hydroxyl groups is 1. The number of hydrogen-bond donors (Lipinski definition) is 1. The van der Waals surface area contributed by atoms with Crippen molar-refractivity contribution in [2.24, 2.45) is 0 Å². The van der Waals surface area contributed by atoms with Crippen LogP contribution in [0.25, 0.3) is 22.3 Å². The zero-order valence-corrected chi connectivity index (χ0v) is 12.4. The number of aromatic nitrogens is 1. The molecule has 1 N–H and O–H groups in total. The second kappa shape index (κ2) is 5.90. The summed E-state index contributed by atoms with van der Waals surface area (Å²) in [5.74, 6) is 0.0139. The van der Waals surface area contributed by atoms with Crippen molar-refractivity contribution in [3.63, 3.8) is 0 Å².